The number of methoxy groups -OCH3 is 1. The molecule has 1 unspecified atom stereocenters. The van der Waals surface area contributed by atoms with E-state index in [1.807, 2.05) is 24.3 Å². The maximum Gasteiger partial charge on any atom is 0.255 e. The number of nitrogens with zero attached hydrogens (tertiary/aromatic N) is 7. The van der Waals surface area contributed by atoms with Gasteiger partial charge in [0.2, 0.25) is 5.95 Å². The highest BCUT2D eigenvalue weighted by atomic mass is 79.9. The topological polar surface area (TPSA) is 163 Å². The second kappa shape index (κ2) is 18.6. The molecule has 1 aliphatic carbocycles. The number of carbonyl (C=O) groups is 3. The van der Waals surface area contributed by atoms with Crippen molar-refractivity contribution in [3.8, 4) is 5.75 Å². The zero-order valence-corrected chi connectivity index (χ0v) is 40.1. The van der Waals surface area contributed by atoms with Gasteiger partial charge in [-0.2, -0.15) is 4.98 Å². The number of ketones is 2. The minimum absolute atomic E-state index is 0.0211. The highest BCUT2D eigenvalue weighted by Gasteiger charge is 2.40. The molecule has 340 valence electrons. The number of aryl methyl sites for hydroxylation is 2. The van der Waals surface area contributed by atoms with Crippen LogP contribution in [0.5, 0.6) is 5.75 Å². The highest BCUT2D eigenvalue weighted by molar-refractivity contribution is 9.10. The zero-order valence-electron chi connectivity index (χ0n) is 37.7. The molecule has 1 saturated carbocycles. The zero-order chi connectivity index (χ0) is 45.5. The lowest BCUT2D eigenvalue weighted by Gasteiger charge is -2.47. The number of hydrogen-bond donors (Lipinski definition) is 2. The number of amides is 1. The second-order valence-electron chi connectivity index (χ2n) is 18.6. The van der Waals surface area contributed by atoms with E-state index in [0.717, 1.165) is 74.4 Å². The van der Waals surface area contributed by atoms with Crippen molar-refractivity contribution in [2.24, 2.45) is 5.41 Å². The van der Waals surface area contributed by atoms with Crippen molar-refractivity contribution in [1.29, 1.82) is 0 Å². The molecule has 1 amide bonds. The minimum atomic E-state index is -2.77. The number of carbonyl (C=O) groups excluding carboxylic acids is 3. The Labute approximate surface area is 388 Å². The molecule has 3 aliphatic heterocycles. The molecule has 3 fully saturated rings. The molecule has 5 heterocycles. The van der Waals surface area contributed by atoms with Crippen molar-refractivity contribution in [2.75, 3.05) is 68.7 Å². The Morgan fingerprint density at radius 2 is 1.69 bits per heavy atom. The van der Waals surface area contributed by atoms with E-state index in [1.54, 1.807) is 43.9 Å². The Bertz CT molecular complexity index is 2710. The SMILES string of the molecule is COc1cc(N2CCC3(CCN(CCCCc4cccc5c4CN(C4CCC(=O)CC4=O)C5=O)CC3)CC2)c(C)cc1Nc1ncc(Br)c(Nc2ccc3nccnc3c2P(C)(C)=O)n1. The summed E-state index contributed by atoms with van der Waals surface area (Å²) in [5, 5.41) is 7.38. The monoisotopic (exact) mass is 961 g/mol. The summed E-state index contributed by atoms with van der Waals surface area (Å²) in [6.45, 7) is 11.4. The number of benzene rings is 3. The van der Waals surface area contributed by atoms with Crippen molar-refractivity contribution in [3.63, 3.8) is 0 Å². The molecule has 3 aromatic carbocycles. The smallest absolute Gasteiger partial charge is 0.255 e. The summed E-state index contributed by atoms with van der Waals surface area (Å²) >= 11 is 3.60. The van der Waals surface area contributed by atoms with Crippen LogP contribution in [-0.4, -0.2) is 106 Å². The summed E-state index contributed by atoms with van der Waals surface area (Å²) in [4.78, 5) is 62.9. The van der Waals surface area contributed by atoms with Crippen LogP contribution in [0.2, 0.25) is 0 Å². The van der Waals surface area contributed by atoms with Crippen LogP contribution in [-0.2, 0) is 27.1 Å². The van der Waals surface area contributed by atoms with Crippen molar-refractivity contribution < 1.29 is 23.7 Å². The van der Waals surface area contributed by atoms with Gasteiger partial charge in [0, 0.05) is 62.0 Å². The van der Waals surface area contributed by atoms with Gasteiger partial charge in [-0.15, -0.1) is 0 Å². The lowest BCUT2D eigenvalue weighted by atomic mass is 9.71. The average Bonchev–Trinajstić information content (AvgIpc) is 3.63. The number of likely N-dealkylation sites (tertiary alicyclic amines) is 1. The van der Waals surface area contributed by atoms with Gasteiger partial charge < -0.3 is 34.6 Å². The molecule has 2 aromatic heterocycles. The minimum Gasteiger partial charge on any atom is -0.494 e. The molecule has 0 bridgehead atoms. The van der Waals surface area contributed by atoms with Gasteiger partial charge in [-0.3, -0.25) is 24.4 Å². The van der Waals surface area contributed by atoms with Gasteiger partial charge in [-0.05, 0) is 154 Å². The van der Waals surface area contributed by atoms with Crippen LogP contribution < -0.4 is 25.6 Å². The Hall–Kier alpha value is -5.24. The molecule has 0 radical (unpaired) electrons. The summed E-state index contributed by atoms with van der Waals surface area (Å²) in [6.07, 6.45) is 13.5. The van der Waals surface area contributed by atoms with Gasteiger partial charge >= 0.3 is 0 Å². The first-order chi connectivity index (χ1) is 31.3. The third-order valence-electron chi connectivity index (χ3n) is 14.1. The number of rotatable bonds is 13. The van der Waals surface area contributed by atoms with Crippen LogP contribution in [0.1, 0.15) is 84.8 Å². The van der Waals surface area contributed by atoms with Crippen LogP contribution in [0.15, 0.2) is 65.5 Å². The predicted octanol–water partition coefficient (Wildman–Crippen LogP) is 8.59. The predicted molar refractivity (Wildman–Crippen MR) is 259 cm³/mol. The van der Waals surface area contributed by atoms with Crippen LogP contribution >= 0.6 is 23.1 Å². The molecule has 16 heteroatoms. The number of halogens is 1. The van der Waals surface area contributed by atoms with Crippen molar-refractivity contribution in [1.82, 2.24) is 29.7 Å². The van der Waals surface area contributed by atoms with E-state index in [4.69, 9.17) is 9.72 Å². The average molecular weight is 963 g/mol. The molecule has 14 nitrogen and oxygen atoms in total. The van der Waals surface area contributed by atoms with Gasteiger partial charge in [0.25, 0.3) is 5.91 Å². The van der Waals surface area contributed by atoms with Crippen molar-refractivity contribution in [3.05, 3.63) is 87.8 Å². The van der Waals surface area contributed by atoms with E-state index in [2.05, 4.69) is 76.4 Å². The molecule has 4 aliphatic rings. The van der Waals surface area contributed by atoms with Crippen LogP contribution in [0.3, 0.4) is 0 Å². The second-order valence-corrected chi connectivity index (χ2v) is 22.6. The number of hydrogen-bond acceptors (Lipinski definition) is 13. The fourth-order valence-electron chi connectivity index (χ4n) is 10.4. The van der Waals surface area contributed by atoms with Crippen molar-refractivity contribution >= 4 is 85.7 Å². The van der Waals surface area contributed by atoms with Crippen LogP contribution in [0.4, 0.5) is 28.8 Å². The molecule has 65 heavy (non-hydrogen) atoms. The Morgan fingerprint density at radius 3 is 2.45 bits per heavy atom. The Balaban J connectivity index is 0.771. The highest BCUT2D eigenvalue weighted by Crippen LogP contribution is 2.45. The van der Waals surface area contributed by atoms with E-state index in [0.29, 0.717) is 68.8 Å². The summed E-state index contributed by atoms with van der Waals surface area (Å²) in [5.74, 6) is 1.38. The van der Waals surface area contributed by atoms with Crippen LogP contribution in [0.25, 0.3) is 11.0 Å². The van der Waals surface area contributed by atoms with Gasteiger partial charge in [0.05, 0.1) is 46.2 Å². The molecule has 2 N–H and O–H groups in total. The molecular weight excluding hydrogens is 905 g/mol. The quantitative estimate of drug-likeness (QED) is 0.0656. The number of fused-ring (bicyclic) bond motifs is 2. The largest absolute Gasteiger partial charge is 0.494 e. The number of unbranched alkanes of at least 4 members (excludes halogenated alkanes) is 1. The summed E-state index contributed by atoms with van der Waals surface area (Å²) in [7, 11) is -1.09. The van der Waals surface area contributed by atoms with E-state index in [-0.39, 0.29) is 23.9 Å². The van der Waals surface area contributed by atoms with Crippen molar-refractivity contribution in [2.45, 2.75) is 83.7 Å². The number of ether oxygens (including phenoxy) is 1. The number of aromatic nitrogens is 4. The van der Waals surface area contributed by atoms with E-state index in [9.17, 15) is 18.9 Å². The number of nitrogens with one attached hydrogen (secondary N) is 2. The van der Waals surface area contributed by atoms with Gasteiger partial charge in [-0.25, -0.2) is 4.98 Å². The number of piperidine rings is 2. The molecule has 9 rings (SSSR count). The maximum absolute atomic E-state index is 13.5. The lowest BCUT2D eigenvalue weighted by molar-refractivity contribution is -0.133. The molecular formula is C49H57BrN9O5P. The number of Topliss-reactive ketones (excluding diaryl/α,β-unsaturated/α-hetero) is 2. The van der Waals surface area contributed by atoms with Crippen LogP contribution in [0, 0.1) is 12.3 Å². The summed E-state index contributed by atoms with van der Waals surface area (Å²) < 4.78 is 20.1. The Kier molecular flexibility index (Phi) is 12.8. The maximum atomic E-state index is 13.5. The Morgan fingerprint density at radius 1 is 0.923 bits per heavy atom. The van der Waals surface area contributed by atoms with E-state index in [1.165, 1.54) is 36.9 Å². The fraction of sp³-hybridized carbons (Fsp3) is 0.449. The van der Waals surface area contributed by atoms with Gasteiger partial charge in [0.1, 0.15) is 30.0 Å². The summed E-state index contributed by atoms with van der Waals surface area (Å²) in [5.41, 5.74) is 8.36. The first kappa shape index (κ1) is 44.9. The molecule has 1 atom stereocenters. The fourth-order valence-corrected chi connectivity index (χ4v) is 12.1. The van der Waals surface area contributed by atoms with Gasteiger partial charge in [-0.1, -0.05) is 12.1 Å². The molecule has 2 saturated heterocycles. The third-order valence-corrected chi connectivity index (χ3v) is 16.2. The van der Waals surface area contributed by atoms with E-state index < -0.39 is 13.2 Å². The van der Waals surface area contributed by atoms with E-state index >= 15 is 0 Å². The standard InChI is InChI=1S/C49H57BrN9O5P/c1-31-26-39(55-48-53-29-36(50)46(56-48)54-38-13-12-37-44(52-20-19-51-37)45(38)65(3,4)63)43(64-2)28-41(31)58-24-17-49(18-25-58)15-22-57(23-16-49)21-6-5-8-32-9-7-10-34-35(32)30-59(47(34)62)40-14-11-33(60)27-42(40)61/h7,9-10,12-13,19-20,26,28-29,40H,5-6,8,11,14-18,21-25,27,30H2,1-4H3,(H2,53,54,55,56). The summed E-state index contributed by atoms with van der Waals surface area (Å²) in [6, 6.07) is 13.4. The van der Waals surface area contributed by atoms with Gasteiger partial charge in [0.15, 0.2) is 5.78 Å². The number of anilines is 5. The normalized spacial score (nSPS) is 19.0. The lowest BCUT2D eigenvalue weighted by Crippen LogP contribution is -2.47. The molecule has 1 spiro atoms. The first-order valence-corrected chi connectivity index (χ1v) is 26.2. The third kappa shape index (κ3) is 9.42. The molecule has 5 aromatic rings. The first-order valence-electron chi connectivity index (χ1n) is 22.8.